The normalized spacial score (nSPS) is 24.6. The Balaban J connectivity index is 1.47. The Kier molecular flexibility index (Phi) is 4.01. The molecular weight excluding hydrogens is 224 g/mol. The number of nitrogens with one attached hydrogen (secondary N) is 1. The minimum atomic E-state index is 0.747. The summed E-state index contributed by atoms with van der Waals surface area (Å²) in [5.74, 6) is 1.11. The van der Waals surface area contributed by atoms with Crippen LogP contribution < -0.4 is 5.32 Å². The second kappa shape index (κ2) is 5.89. The zero-order valence-corrected chi connectivity index (χ0v) is 11.1. The molecule has 1 aromatic heterocycles. The second-order valence-electron chi connectivity index (χ2n) is 5.72. The molecule has 3 heteroatoms. The van der Waals surface area contributed by atoms with Crippen LogP contribution in [0.2, 0.25) is 0 Å². The van der Waals surface area contributed by atoms with Crippen molar-refractivity contribution in [1.29, 1.82) is 0 Å². The molecule has 0 amide bonds. The molecule has 2 heterocycles. The highest BCUT2D eigenvalue weighted by molar-refractivity contribution is 4.99. The van der Waals surface area contributed by atoms with Gasteiger partial charge < -0.3 is 9.73 Å². The van der Waals surface area contributed by atoms with Crippen molar-refractivity contribution >= 4 is 0 Å². The van der Waals surface area contributed by atoms with Gasteiger partial charge in [-0.3, -0.25) is 4.90 Å². The van der Waals surface area contributed by atoms with E-state index in [1.54, 1.807) is 6.26 Å². The van der Waals surface area contributed by atoms with Crippen LogP contribution in [0.1, 0.15) is 44.3 Å². The molecule has 3 rings (SSSR count). The maximum absolute atomic E-state index is 5.48. The molecule has 2 fully saturated rings. The van der Waals surface area contributed by atoms with Gasteiger partial charge >= 0.3 is 0 Å². The number of furan rings is 1. The summed E-state index contributed by atoms with van der Waals surface area (Å²) in [5.41, 5.74) is 0. The maximum Gasteiger partial charge on any atom is 0.117 e. The number of rotatable bonds is 6. The van der Waals surface area contributed by atoms with E-state index < -0.39 is 0 Å². The molecule has 18 heavy (non-hydrogen) atoms. The van der Waals surface area contributed by atoms with Gasteiger partial charge in [-0.1, -0.05) is 6.42 Å². The minimum absolute atomic E-state index is 0.747. The van der Waals surface area contributed by atoms with Gasteiger partial charge in [0, 0.05) is 18.6 Å². The molecule has 1 saturated heterocycles. The highest BCUT2D eigenvalue weighted by Gasteiger charge is 2.29. The molecule has 3 nitrogen and oxygen atoms in total. The van der Waals surface area contributed by atoms with Crippen molar-refractivity contribution in [3.8, 4) is 0 Å². The first-order valence-electron chi connectivity index (χ1n) is 7.41. The van der Waals surface area contributed by atoms with E-state index in [0.717, 1.165) is 24.4 Å². The largest absolute Gasteiger partial charge is 0.468 e. The fourth-order valence-corrected chi connectivity index (χ4v) is 2.93. The lowest BCUT2D eigenvalue weighted by molar-refractivity contribution is 0.214. The van der Waals surface area contributed by atoms with E-state index >= 15 is 0 Å². The van der Waals surface area contributed by atoms with Crippen molar-refractivity contribution in [2.75, 3.05) is 13.1 Å². The first-order valence-corrected chi connectivity index (χ1v) is 7.41. The maximum atomic E-state index is 5.48. The summed E-state index contributed by atoms with van der Waals surface area (Å²) in [6.45, 7) is 3.42. The fourth-order valence-electron chi connectivity index (χ4n) is 2.93. The fraction of sp³-hybridized carbons (Fsp3) is 0.733. The Hall–Kier alpha value is -0.800. The summed E-state index contributed by atoms with van der Waals surface area (Å²) < 4.78 is 5.48. The van der Waals surface area contributed by atoms with Crippen LogP contribution in [0.15, 0.2) is 22.8 Å². The summed E-state index contributed by atoms with van der Waals surface area (Å²) in [6, 6.07) is 5.65. The van der Waals surface area contributed by atoms with Gasteiger partial charge in [-0.05, 0) is 50.8 Å². The van der Waals surface area contributed by atoms with Crippen LogP contribution in [0.5, 0.6) is 0 Å². The molecule has 1 unspecified atom stereocenters. The van der Waals surface area contributed by atoms with Crippen molar-refractivity contribution in [1.82, 2.24) is 10.2 Å². The quantitative estimate of drug-likeness (QED) is 0.839. The SMILES string of the molecule is c1coc(CN(CCC2CCCCN2)C2CC2)c1. The van der Waals surface area contributed by atoms with Crippen LogP contribution in [-0.4, -0.2) is 30.1 Å². The molecule has 1 N–H and O–H groups in total. The molecule has 0 aromatic carbocycles. The molecule has 1 atom stereocenters. The average molecular weight is 248 g/mol. The van der Waals surface area contributed by atoms with E-state index in [0.29, 0.717) is 0 Å². The molecule has 1 aromatic rings. The highest BCUT2D eigenvalue weighted by atomic mass is 16.3. The van der Waals surface area contributed by atoms with Gasteiger partial charge in [0.2, 0.25) is 0 Å². The topological polar surface area (TPSA) is 28.4 Å². The third kappa shape index (κ3) is 3.36. The highest BCUT2D eigenvalue weighted by Crippen LogP contribution is 2.29. The number of piperidine rings is 1. The van der Waals surface area contributed by atoms with Gasteiger partial charge in [0.25, 0.3) is 0 Å². The Morgan fingerprint density at radius 2 is 2.22 bits per heavy atom. The van der Waals surface area contributed by atoms with Gasteiger partial charge in [-0.2, -0.15) is 0 Å². The summed E-state index contributed by atoms with van der Waals surface area (Å²) in [6.07, 6.45) is 9.94. The zero-order valence-electron chi connectivity index (χ0n) is 11.1. The van der Waals surface area contributed by atoms with Crippen LogP contribution in [-0.2, 0) is 6.54 Å². The van der Waals surface area contributed by atoms with Crippen molar-refractivity contribution in [3.63, 3.8) is 0 Å². The molecule has 1 aliphatic carbocycles. The molecule has 2 aliphatic rings. The van der Waals surface area contributed by atoms with Crippen LogP contribution in [0.25, 0.3) is 0 Å². The first kappa shape index (κ1) is 12.2. The minimum Gasteiger partial charge on any atom is -0.468 e. The van der Waals surface area contributed by atoms with Gasteiger partial charge in [-0.15, -0.1) is 0 Å². The van der Waals surface area contributed by atoms with Crippen molar-refractivity contribution in [3.05, 3.63) is 24.2 Å². The van der Waals surface area contributed by atoms with Crippen LogP contribution in [0.3, 0.4) is 0 Å². The monoisotopic (exact) mass is 248 g/mol. The van der Waals surface area contributed by atoms with Crippen LogP contribution in [0, 0.1) is 0 Å². The van der Waals surface area contributed by atoms with Crippen molar-refractivity contribution in [2.45, 2.75) is 57.2 Å². The number of nitrogens with zero attached hydrogens (tertiary/aromatic N) is 1. The predicted molar refractivity (Wildman–Crippen MR) is 72.4 cm³/mol. The molecular formula is C15H24N2O. The van der Waals surface area contributed by atoms with Gasteiger partial charge in [0.1, 0.15) is 5.76 Å². The Morgan fingerprint density at radius 3 is 2.89 bits per heavy atom. The van der Waals surface area contributed by atoms with E-state index in [9.17, 15) is 0 Å². The molecule has 0 spiro atoms. The third-order valence-electron chi connectivity index (χ3n) is 4.18. The predicted octanol–water partition coefficient (Wildman–Crippen LogP) is 2.78. The van der Waals surface area contributed by atoms with E-state index in [-0.39, 0.29) is 0 Å². The zero-order chi connectivity index (χ0) is 12.2. The third-order valence-corrected chi connectivity index (χ3v) is 4.18. The van der Waals surface area contributed by atoms with E-state index in [1.807, 2.05) is 6.07 Å². The summed E-state index contributed by atoms with van der Waals surface area (Å²) in [7, 11) is 0. The van der Waals surface area contributed by atoms with Crippen molar-refractivity contribution in [2.24, 2.45) is 0 Å². The lowest BCUT2D eigenvalue weighted by Gasteiger charge is -2.27. The standard InChI is InChI=1S/C15H24N2O/c1-2-9-16-13(4-1)8-10-17(14-6-7-14)12-15-5-3-11-18-15/h3,5,11,13-14,16H,1-2,4,6-10,12H2. The summed E-state index contributed by atoms with van der Waals surface area (Å²) in [4.78, 5) is 2.61. The lowest BCUT2D eigenvalue weighted by Crippen LogP contribution is -2.38. The van der Waals surface area contributed by atoms with Gasteiger partial charge in [-0.25, -0.2) is 0 Å². The number of hydrogen-bond acceptors (Lipinski definition) is 3. The van der Waals surface area contributed by atoms with Crippen molar-refractivity contribution < 1.29 is 4.42 Å². The summed E-state index contributed by atoms with van der Waals surface area (Å²) >= 11 is 0. The lowest BCUT2D eigenvalue weighted by atomic mass is 10.0. The molecule has 1 aliphatic heterocycles. The van der Waals surface area contributed by atoms with Gasteiger partial charge in [0.15, 0.2) is 0 Å². The van der Waals surface area contributed by atoms with Gasteiger partial charge in [0.05, 0.1) is 12.8 Å². The summed E-state index contributed by atoms with van der Waals surface area (Å²) in [5, 5.41) is 3.64. The molecule has 1 saturated carbocycles. The molecule has 0 bridgehead atoms. The van der Waals surface area contributed by atoms with E-state index in [1.165, 1.54) is 51.6 Å². The van der Waals surface area contributed by atoms with Crippen LogP contribution >= 0.6 is 0 Å². The molecule has 0 radical (unpaired) electrons. The Bertz CT molecular complexity index is 339. The second-order valence-corrected chi connectivity index (χ2v) is 5.72. The van der Waals surface area contributed by atoms with E-state index in [4.69, 9.17) is 4.42 Å². The smallest absolute Gasteiger partial charge is 0.117 e. The Labute approximate surface area is 110 Å². The van der Waals surface area contributed by atoms with Crippen LogP contribution in [0.4, 0.5) is 0 Å². The number of hydrogen-bond donors (Lipinski definition) is 1. The molecule has 100 valence electrons. The Morgan fingerprint density at radius 1 is 1.28 bits per heavy atom. The van der Waals surface area contributed by atoms with E-state index in [2.05, 4.69) is 16.3 Å². The first-order chi connectivity index (χ1) is 8.92. The average Bonchev–Trinajstić information content (AvgIpc) is 3.13.